The number of rotatable bonds is 6. The Labute approximate surface area is 163 Å². The quantitative estimate of drug-likeness (QED) is 0.827. The molecule has 1 aliphatic heterocycles. The standard InChI is InChI=1S/C20H25N5O3/c1-6-28-17-8-14(16-10-22-25(11(2)3)18(16)24-17)19(26)21-9-15-12(4)7-13(5)23-20(15)27/h7-8,10-11,15H,6,9H2,1-5H3,(H,21,26). The van der Waals surface area contributed by atoms with E-state index in [9.17, 15) is 9.59 Å². The average molecular weight is 383 g/mol. The fraction of sp³-hybridized carbons (Fsp3) is 0.450. The van der Waals surface area contributed by atoms with Gasteiger partial charge in [-0.05, 0) is 40.7 Å². The van der Waals surface area contributed by atoms with Crippen molar-refractivity contribution in [1.82, 2.24) is 20.1 Å². The number of carbonyl (C=O) groups excluding carboxylic acids is 2. The molecule has 1 N–H and O–H groups in total. The fourth-order valence-corrected chi connectivity index (χ4v) is 3.23. The minimum absolute atomic E-state index is 0.0894. The molecule has 3 rings (SSSR count). The maximum absolute atomic E-state index is 12.9. The molecule has 0 aromatic carbocycles. The normalized spacial score (nSPS) is 16.9. The van der Waals surface area contributed by atoms with Gasteiger partial charge >= 0.3 is 0 Å². The molecule has 0 saturated carbocycles. The van der Waals surface area contributed by atoms with Crippen molar-refractivity contribution >= 4 is 28.6 Å². The lowest BCUT2D eigenvalue weighted by Crippen LogP contribution is -2.34. The van der Waals surface area contributed by atoms with Crippen LogP contribution in [0.5, 0.6) is 5.88 Å². The van der Waals surface area contributed by atoms with Gasteiger partial charge in [0.15, 0.2) is 5.65 Å². The minimum Gasteiger partial charge on any atom is -0.478 e. The predicted molar refractivity (Wildman–Crippen MR) is 107 cm³/mol. The number of fused-ring (bicyclic) bond motifs is 1. The summed E-state index contributed by atoms with van der Waals surface area (Å²) < 4.78 is 7.29. The molecular formula is C20H25N5O3. The van der Waals surface area contributed by atoms with Crippen LogP contribution in [0.4, 0.5) is 0 Å². The van der Waals surface area contributed by atoms with Crippen molar-refractivity contribution in [3.63, 3.8) is 0 Å². The smallest absolute Gasteiger partial charge is 0.254 e. The molecule has 148 valence electrons. The Balaban J connectivity index is 1.89. The van der Waals surface area contributed by atoms with Crippen LogP contribution in [0.2, 0.25) is 0 Å². The lowest BCUT2D eigenvalue weighted by molar-refractivity contribution is -0.120. The molecule has 0 aliphatic carbocycles. The van der Waals surface area contributed by atoms with Crippen molar-refractivity contribution in [3.8, 4) is 5.88 Å². The molecular weight excluding hydrogens is 358 g/mol. The Kier molecular flexibility index (Phi) is 5.58. The van der Waals surface area contributed by atoms with E-state index in [1.807, 2.05) is 33.8 Å². The van der Waals surface area contributed by atoms with Crippen LogP contribution in [0, 0.1) is 5.92 Å². The first-order valence-corrected chi connectivity index (χ1v) is 9.38. The third-order valence-corrected chi connectivity index (χ3v) is 4.61. The van der Waals surface area contributed by atoms with Crippen molar-refractivity contribution in [2.75, 3.05) is 13.2 Å². The number of nitrogens with zero attached hydrogens (tertiary/aromatic N) is 4. The van der Waals surface area contributed by atoms with Gasteiger partial charge in [0, 0.05) is 24.4 Å². The molecule has 0 saturated heterocycles. The average Bonchev–Trinajstić information content (AvgIpc) is 3.04. The summed E-state index contributed by atoms with van der Waals surface area (Å²) in [6, 6.07) is 1.70. The molecule has 2 aromatic rings. The van der Waals surface area contributed by atoms with E-state index in [-0.39, 0.29) is 24.4 Å². The lowest BCUT2D eigenvalue weighted by Gasteiger charge is -2.19. The van der Waals surface area contributed by atoms with Crippen LogP contribution in [0.15, 0.2) is 28.9 Å². The predicted octanol–water partition coefficient (Wildman–Crippen LogP) is 2.70. The van der Waals surface area contributed by atoms with Gasteiger partial charge < -0.3 is 10.1 Å². The molecule has 0 spiro atoms. The highest BCUT2D eigenvalue weighted by molar-refractivity contribution is 6.07. The molecule has 2 amide bonds. The Morgan fingerprint density at radius 1 is 1.36 bits per heavy atom. The summed E-state index contributed by atoms with van der Waals surface area (Å²) in [7, 11) is 0. The SMILES string of the molecule is CCOc1cc(C(=O)NCC2C(=O)N=C(C)C=C2C)c2cnn(C(C)C)c2n1. The van der Waals surface area contributed by atoms with Gasteiger partial charge in [-0.15, -0.1) is 0 Å². The Bertz CT molecular complexity index is 987. The van der Waals surface area contributed by atoms with Crippen molar-refractivity contribution in [1.29, 1.82) is 0 Å². The summed E-state index contributed by atoms with van der Waals surface area (Å²) >= 11 is 0. The van der Waals surface area contributed by atoms with Gasteiger partial charge in [0.2, 0.25) is 5.88 Å². The molecule has 8 heteroatoms. The Morgan fingerprint density at radius 2 is 2.11 bits per heavy atom. The number of ether oxygens (including phenoxy) is 1. The highest BCUT2D eigenvalue weighted by Crippen LogP contribution is 2.24. The van der Waals surface area contributed by atoms with E-state index in [1.165, 1.54) is 0 Å². The molecule has 8 nitrogen and oxygen atoms in total. The molecule has 3 heterocycles. The van der Waals surface area contributed by atoms with E-state index in [4.69, 9.17) is 4.74 Å². The zero-order chi connectivity index (χ0) is 20.4. The van der Waals surface area contributed by atoms with Gasteiger partial charge in [0.05, 0.1) is 29.7 Å². The van der Waals surface area contributed by atoms with Crippen LogP contribution in [-0.2, 0) is 4.79 Å². The minimum atomic E-state index is -0.449. The molecule has 0 bridgehead atoms. The monoisotopic (exact) mass is 383 g/mol. The third kappa shape index (κ3) is 3.81. The van der Waals surface area contributed by atoms with E-state index >= 15 is 0 Å². The summed E-state index contributed by atoms with van der Waals surface area (Å²) in [5.74, 6) is -0.619. The number of aliphatic imine (C=N–C) groups is 1. The van der Waals surface area contributed by atoms with Gasteiger partial charge in [-0.25, -0.2) is 9.67 Å². The molecule has 1 atom stereocenters. The topological polar surface area (TPSA) is 98.5 Å². The van der Waals surface area contributed by atoms with Crippen LogP contribution < -0.4 is 10.1 Å². The van der Waals surface area contributed by atoms with Gasteiger partial charge in [0.25, 0.3) is 11.8 Å². The number of hydrogen-bond donors (Lipinski definition) is 1. The van der Waals surface area contributed by atoms with E-state index in [0.29, 0.717) is 34.8 Å². The maximum atomic E-state index is 12.9. The summed E-state index contributed by atoms with van der Waals surface area (Å²) in [6.07, 6.45) is 3.50. The third-order valence-electron chi connectivity index (χ3n) is 4.61. The van der Waals surface area contributed by atoms with E-state index < -0.39 is 5.92 Å². The maximum Gasteiger partial charge on any atom is 0.254 e. The molecule has 1 aliphatic rings. The summed E-state index contributed by atoms with van der Waals surface area (Å²) in [4.78, 5) is 33.6. The summed E-state index contributed by atoms with van der Waals surface area (Å²) in [5, 5.41) is 7.86. The largest absolute Gasteiger partial charge is 0.478 e. The van der Waals surface area contributed by atoms with Gasteiger partial charge in [-0.1, -0.05) is 5.57 Å². The van der Waals surface area contributed by atoms with Crippen LogP contribution in [0.1, 0.15) is 51.0 Å². The second-order valence-electron chi connectivity index (χ2n) is 7.10. The van der Waals surface area contributed by atoms with Crippen LogP contribution in [0.25, 0.3) is 11.0 Å². The molecule has 0 fully saturated rings. The second-order valence-corrected chi connectivity index (χ2v) is 7.10. The number of amides is 2. The zero-order valence-electron chi connectivity index (χ0n) is 16.8. The lowest BCUT2D eigenvalue weighted by atomic mass is 9.95. The second kappa shape index (κ2) is 7.92. The van der Waals surface area contributed by atoms with Crippen molar-refractivity contribution in [2.45, 2.75) is 40.7 Å². The first-order valence-electron chi connectivity index (χ1n) is 9.38. The van der Waals surface area contributed by atoms with Crippen molar-refractivity contribution < 1.29 is 14.3 Å². The number of dihydropyridines is 1. The number of carbonyl (C=O) groups is 2. The van der Waals surface area contributed by atoms with E-state index in [2.05, 4.69) is 20.4 Å². The molecule has 0 radical (unpaired) electrons. The number of allylic oxidation sites excluding steroid dienone is 1. The van der Waals surface area contributed by atoms with Crippen molar-refractivity contribution in [2.24, 2.45) is 10.9 Å². The fourth-order valence-electron chi connectivity index (χ4n) is 3.23. The van der Waals surface area contributed by atoms with Gasteiger partial charge in [0.1, 0.15) is 0 Å². The van der Waals surface area contributed by atoms with Gasteiger partial charge in [-0.3, -0.25) is 9.59 Å². The number of hydrogen-bond acceptors (Lipinski definition) is 5. The first-order chi connectivity index (χ1) is 13.3. The zero-order valence-corrected chi connectivity index (χ0v) is 16.8. The van der Waals surface area contributed by atoms with E-state index in [1.54, 1.807) is 23.9 Å². The summed E-state index contributed by atoms with van der Waals surface area (Å²) in [6.45, 7) is 10.1. The first kappa shape index (κ1) is 19.7. The number of aromatic nitrogens is 3. The van der Waals surface area contributed by atoms with Crippen LogP contribution in [0.3, 0.4) is 0 Å². The Morgan fingerprint density at radius 3 is 2.75 bits per heavy atom. The van der Waals surface area contributed by atoms with Gasteiger partial charge in [-0.2, -0.15) is 10.1 Å². The molecule has 2 aromatic heterocycles. The number of pyridine rings is 1. The highest BCUT2D eigenvalue weighted by atomic mass is 16.5. The van der Waals surface area contributed by atoms with Crippen molar-refractivity contribution in [3.05, 3.63) is 29.5 Å². The Hall–Kier alpha value is -3.03. The van der Waals surface area contributed by atoms with Crippen LogP contribution in [-0.4, -0.2) is 45.4 Å². The summed E-state index contributed by atoms with van der Waals surface area (Å²) in [5.41, 5.74) is 2.59. The highest BCUT2D eigenvalue weighted by Gasteiger charge is 2.25. The number of nitrogens with one attached hydrogen (secondary N) is 1. The van der Waals surface area contributed by atoms with Crippen LogP contribution >= 0.6 is 0 Å². The molecule has 1 unspecified atom stereocenters. The molecule has 28 heavy (non-hydrogen) atoms. The van der Waals surface area contributed by atoms with E-state index in [0.717, 1.165) is 5.57 Å².